The van der Waals surface area contributed by atoms with Crippen molar-refractivity contribution >= 4 is 16.6 Å². The second kappa shape index (κ2) is 8.37. The van der Waals surface area contributed by atoms with Crippen molar-refractivity contribution in [2.75, 3.05) is 26.3 Å². The largest absolute Gasteiger partial charge is 0.380 e. The molecule has 2 aliphatic heterocycles. The summed E-state index contributed by atoms with van der Waals surface area (Å²) in [4.78, 5) is 16.0. The first-order valence-electron chi connectivity index (χ1n) is 14.0. The number of aryl methyl sites for hydroxylation is 2. The van der Waals surface area contributed by atoms with Crippen LogP contribution < -0.4 is 0 Å². The van der Waals surface area contributed by atoms with Crippen molar-refractivity contribution in [1.82, 2.24) is 29.5 Å². The monoisotopic (exact) mass is 498 g/mol. The molecule has 4 aromatic rings. The van der Waals surface area contributed by atoms with Crippen LogP contribution in [0.1, 0.15) is 79.3 Å². The molecule has 6 heterocycles. The zero-order valence-corrected chi connectivity index (χ0v) is 22.8. The third-order valence-electron chi connectivity index (χ3n) is 9.63. The molecule has 3 fully saturated rings. The highest BCUT2D eigenvalue weighted by Crippen LogP contribution is 2.45. The number of ether oxygens (including phenoxy) is 1. The number of aromatic nitrogens is 5. The van der Waals surface area contributed by atoms with E-state index in [1.807, 2.05) is 4.52 Å². The lowest BCUT2D eigenvalue weighted by atomic mass is 9.74. The summed E-state index contributed by atoms with van der Waals surface area (Å²) in [5, 5.41) is 5.81. The van der Waals surface area contributed by atoms with Crippen molar-refractivity contribution in [3.63, 3.8) is 0 Å². The number of pyridine rings is 2. The molecule has 0 amide bonds. The first-order chi connectivity index (χ1) is 17.8. The lowest BCUT2D eigenvalue weighted by Gasteiger charge is -2.58. The van der Waals surface area contributed by atoms with Gasteiger partial charge in [-0.2, -0.15) is 5.10 Å². The van der Waals surface area contributed by atoms with Crippen molar-refractivity contribution in [1.29, 1.82) is 0 Å². The molecule has 0 aromatic carbocycles. The van der Waals surface area contributed by atoms with Gasteiger partial charge in [-0.3, -0.25) is 9.88 Å². The van der Waals surface area contributed by atoms with E-state index in [1.165, 1.54) is 83.4 Å². The minimum Gasteiger partial charge on any atom is -0.380 e. The maximum atomic E-state index is 5.48. The predicted octanol–water partition coefficient (Wildman–Crippen LogP) is 5.68. The van der Waals surface area contributed by atoms with E-state index < -0.39 is 0 Å². The molecule has 1 aliphatic carbocycles. The van der Waals surface area contributed by atoms with Crippen molar-refractivity contribution in [2.45, 2.75) is 78.2 Å². The summed E-state index contributed by atoms with van der Waals surface area (Å²) in [5.41, 5.74) is 11.4. The standard InChI is InChI=1S/C30H38N6O/c1-17(2)25-26-20(5)27(21-6-8-22(9-7-21)35-12-30(13-35)14-37-15-30)31-10-24(26)34-28(25)23-11-36-29(32-16-33-36)19(4)18(23)3/h10-11,16-17,21-22,34H,6-9,12-15H2,1-5H3. The molecule has 194 valence electrons. The van der Waals surface area contributed by atoms with E-state index >= 15 is 0 Å². The average molecular weight is 499 g/mol. The normalized spacial score (nSPS) is 23.7. The number of nitrogens with one attached hydrogen (secondary N) is 1. The molecule has 1 N–H and O–H groups in total. The first-order valence-corrected chi connectivity index (χ1v) is 14.0. The predicted molar refractivity (Wildman–Crippen MR) is 146 cm³/mol. The Kier molecular flexibility index (Phi) is 5.28. The Bertz CT molecular complexity index is 1490. The van der Waals surface area contributed by atoms with E-state index in [-0.39, 0.29) is 0 Å². The minimum absolute atomic E-state index is 0.383. The summed E-state index contributed by atoms with van der Waals surface area (Å²) in [6, 6.07) is 0.745. The van der Waals surface area contributed by atoms with Gasteiger partial charge in [-0.25, -0.2) is 9.50 Å². The van der Waals surface area contributed by atoms with Gasteiger partial charge in [0.1, 0.15) is 6.33 Å². The van der Waals surface area contributed by atoms with E-state index in [2.05, 4.69) is 67.0 Å². The highest BCUT2D eigenvalue weighted by atomic mass is 16.5. The molecular weight excluding hydrogens is 460 g/mol. The number of fused-ring (bicyclic) bond motifs is 2. The van der Waals surface area contributed by atoms with Gasteiger partial charge in [-0.1, -0.05) is 13.8 Å². The van der Waals surface area contributed by atoms with Crippen LogP contribution in [0.2, 0.25) is 0 Å². The van der Waals surface area contributed by atoms with Gasteiger partial charge in [0.15, 0.2) is 5.65 Å². The third-order valence-corrected chi connectivity index (χ3v) is 9.63. The number of aromatic amines is 1. The van der Waals surface area contributed by atoms with Crippen LogP contribution in [0.25, 0.3) is 27.8 Å². The zero-order chi connectivity index (χ0) is 25.5. The molecular formula is C30H38N6O. The highest BCUT2D eigenvalue weighted by molar-refractivity contribution is 5.94. The van der Waals surface area contributed by atoms with Crippen LogP contribution in [-0.2, 0) is 4.74 Å². The third kappa shape index (κ3) is 3.50. The van der Waals surface area contributed by atoms with Gasteiger partial charge in [-0.15, -0.1) is 0 Å². The number of nitrogens with zero attached hydrogens (tertiary/aromatic N) is 5. The Labute approximate surface area is 218 Å². The quantitative estimate of drug-likeness (QED) is 0.392. The zero-order valence-electron chi connectivity index (χ0n) is 22.8. The Morgan fingerprint density at radius 3 is 2.43 bits per heavy atom. The van der Waals surface area contributed by atoms with Gasteiger partial charge in [-0.05, 0) is 74.6 Å². The Morgan fingerprint density at radius 1 is 1.00 bits per heavy atom. The summed E-state index contributed by atoms with van der Waals surface area (Å²) < 4.78 is 7.38. The Balaban J connectivity index is 1.22. The van der Waals surface area contributed by atoms with Gasteiger partial charge in [0.25, 0.3) is 0 Å². The number of hydrogen-bond acceptors (Lipinski definition) is 5. The van der Waals surface area contributed by atoms with Gasteiger partial charge in [0.2, 0.25) is 0 Å². The molecule has 1 saturated carbocycles. The van der Waals surface area contributed by atoms with Crippen molar-refractivity contribution < 1.29 is 4.74 Å². The van der Waals surface area contributed by atoms with Gasteiger partial charge < -0.3 is 9.72 Å². The smallest absolute Gasteiger partial charge is 0.158 e. The van der Waals surface area contributed by atoms with Gasteiger partial charge >= 0.3 is 0 Å². The first kappa shape index (κ1) is 23.4. The molecule has 4 aromatic heterocycles. The van der Waals surface area contributed by atoms with E-state index in [4.69, 9.17) is 9.72 Å². The van der Waals surface area contributed by atoms with Crippen LogP contribution >= 0.6 is 0 Å². The number of rotatable bonds is 4. The fourth-order valence-corrected chi connectivity index (χ4v) is 7.41. The average Bonchev–Trinajstić information content (AvgIpc) is 3.46. The fourth-order valence-electron chi connectivity index (χ4n) is 7.41. The lowest BCUT2D eigenvalue weighted by Crippen LogP contribution is -2.68. The molecule has 0 unspecified atom stereocenters. The Morgan fingerprint density at radius 2 is 1.76 bits per heavy atom. The molecule has 3 aliphatic rings. The van der Waals surface area contributed by atoms with Crippen molar-refractivity contribution in [3.05, 3.63) is 46.7 Å². The van der Waals surface area contributed by atoms with Crippen LogP contribution in [0.3, 0.4) is 0 Å². The topological polar surface area (TPSA) is 71.3 Å². The van der Waals surface area contributed by atoms with Gasteiger partial charge in [0, 0.05) is 53.3 Å². The van der Waals surface area contributed by atoms with Crippen LogP contribution in [0.15, 0.2) is 18.7 Å². The van der Waals surface area contributed by atoms with E-state index in [1.54, 1.807) is 6.33 Å². The highest BCUT2D eigenvalue weighted by Gasteiger charge is 2.51. The molecule has 2 saturated heterocycles. The minimum atomic E-state index is 0.383. The maximum Gasteiger partial charge on any atom is 0.158 e. The molecule has 0 bridgehead atoms. The fraction of sp³-hybridized carbons (Fsp3) is 0.567. The molecule has 0 radical (unpaired) electrons. The van der Waals surface area contributed by atoms with E-state index in [0.29, 0.717) is 17.3 Å². The van der Waals surface area contributed by atoms with Crippen LogP contribution in [0.5, 0.6) is 0 Å². The van der Waals surface area contributed by atoms with Crippen LogP contribution in [0.4, 0.5) is 0 Å². The maximum absolute atomic E-state index is 5.48. The van der Waals surface area contributed by atoms with Crippen molar-refractivity contribution in [3.8, 4) is 11.3 Å². The van der Waals surface area contributed by atoms with Gasteiger partial charge in [0.05, 0.1) is 30.6 Å². The number of H-pyrrole nitrogens is 1. The summed E-state index contributed by atoms with van der Waals surface area (Å²) >= 11 is 0. The summed E-state index contributed by atoms with van der Waals surface area (Å²) in [6.45, 7) is 15.7. The number of likely N-dealkylation sites (tertiary alicyclic amines) is 1. The van der Waals surface area contributed by atoms with E-state index in [9.17, 15) is 0 Å². The molecule has 7 nitrogen and oxygen atoms in total. The van der Waals surface area contributed by atoms with Crippen LogP contribution in [0, 0.1) is 26.2 Å². The molecule has 7 heteroatoms. The Hall–Kier alpha value is -2.77. The summed E-state index contributed by atoms with van der Waals surface area (Å²) in [5.74, 6) is 0.936. The van der Waals surface area contributed by atoms with Crippen LogP contribution in [-0.4, -0.2) is 61.8 Å². The summed E-state index contributed by atoms with van der Waals surface area (Å²) in [7, 11) is 0. The van der Waals surface area contributed by atoms with E-state index in [0.717, 1.165) is 30.4 Å². The molecule has 7 rings (SSSR count). The molecule has 1 spiro atoms. The number of hydrogen-bond donors (Lipinski definition) is 1. The second-order valence-electron chi connectivity index (χ2n) is 12.3. The molecule has 0 atom stereocenters. The lowest BCUT2D eigenvalue weighted by molar-refractivity contribution is -0.200. The summed E-state index contributed by atoms with van der Waals surface area (Å²) in [6.07, 6.45) is 10.9. The second-order valence-corrected chi connectivity index (χ2v) is 12.3. The molecule has 37 heavy (non-hydrogen) atoms. The SMILES string of the molecule is Cc1c(-c2[nH]c3cnc(C4CCC(N5CC6(COC6)C5)CC4)c(C)c3c2C(C)C)cn2ncnc2c1C. The van der Waals surface area contributed by atoms with Crippen molar-refractivity contribution in [2.24, 2.45) is 5.41 Å².